The second-order valence-corrected chi connectivity index (χ2v) is 5.57. The van der Waals surface area contributed by atoms with Crippen molar-refractivity contribution in [2.24, 2.45) is 0 Å². The first-order valence-corrected chi connectivity index (χ1v) is 7.31. The van der Waals surface area contributed by atoms with E-state index in [1.807, 2.05) is 31.4 Å². The Morgan fingerprint density at radius 2 is 2.32 bits per heavy atom. The number of ether oxygens (including phenoxy) is 1. The van der Waals surface area contributed by atoms with Gasteiger partial charge in [-0.25, -0.2) is 4.79 Å². The van der Waals surface area contributed by atoms with E-state index in [-0.39, 0.29) is 11.7 Å². The summed E-state index contributed by atoms with van der Waals surface area (Å²) in [4.78, 5) is 12.8. The van der Waals surface area contributed by atoms with Crippen LogP contribution in [0.25, 0.3) is 10.6 Å². The Morgan fingerprint density at radius 1 is 1.58 bits per heavy atom. The smallest absolute Gasteiger partial charge is 0.360 e. The molecule has 0 saturated heterocycles. The van der Waals surface area contributed by atoms with E-state index in [0.717, 1.165) is 10.6 Å². The van der Waals surface area contributed by atoms with Gasteiger partial charge in [0.05, 0.1) is 17.2 Å². The van der Waals surface area contributed by atoms with Gasteiger partial charge in [0.1, 0.15) is 5.02 Å². The molecule has 2 aromatic rings. The lowest BCUT2D eigenvalue weighted by Gasteiger charge is -2.09. The van der Waals surface area contributed by atoms with Crippen LogP contribution < -0.4 is 0 Å². The standard InChI is InChI=1S/C13H15ClN2O2S/c1-4-18-13(17)11-10(14)12(9-6-5-7-19-9)16(15-11)8(2)3/h5-8H,4H2,1-3H3. The van der Waals surface area contributed by atoms with Crippen molar-refractivity contribution in [2.75, 3.05) is 6.61 Å². The van der Waals surface area contributed by atoms with Gasteiger partial charge in [-0.05, 0) is 32.2 Å². The van der Waals surface area contributed by atoms with Crippen molar-refractivity contribution in [2.45, 2.75) is 26.8 Å². The van der Waals surface area contributed by atoms with Crippen molar-refractivity contribution in [1.29, 1.82) is 0 Å². The van der Waals surface area contributed by atoms with Crippen LogP contribution in [0.2, 0.25) is 5.02 Å². The molecule has 0 unspecified atom stereocenters. The molecule has 0 spiro atoms. The number of esters is 1. The Hall–Kier alpha value is -1.33. The largest absolute Gasteiger partial charge is 0.461 e. The van der Waals surface area contributed by atoms with Crippen LogP contribution in [0.15, 0.2) is 17.5 Å². The van der Waals surface area contributed by atoms with Gasteiger partial charge < -0.3 is 4.74 Å². The molecule has 0 N–H and O–H groups in total. The van der Waals surface area contributed by atoms with E-state index in [9.17, 15) is 4.79 Å². The second-order valence-electron chi connectivity index (χ2n) is 4.25. The van der Waals surface area contributed by atoms with Crippen LogP contribution in [0.1, 0.15) is 37.3 Å². The molecule has 0 fully saturated rings. The average molecular weight is 299 g/mol. The van der Waals surface area contributed by atoms with E-state index in [4.69, 9.17) is 16.3 Å². The number of thiophene rings is 1. The third-order valence-electron chi connectivity index (χ3n) is 2.57. The Morgan fingerprint density at radius 3 is 2.84 bits per heavy atom. The maximum Gasteiger partial charge on any atom is 0.360 e. The minimum Gasteiger partial charge on any atom is -0.461 e. The average Bonchev–Trinajstić information content (AvgIpc) is 2.95. The highest BCUT2D eigenvalue weighted by atomic mass is 35.5. The summed E-state index contributed by atoms with van der Waals surface area (Å²) in [6, 6.07) is 4.01. The number of carbonyl (C=O) groups excluding carboxylic acids is 1. The molecule has 0 bridgehead atoms. The fraction of sp³-hybridized carbons (Fsp3) is 0.385. The van der Waals surface area contributed by atoms with E-state index in [2.05, 4.69) is 5.10 Å². The minimum absolute atomic E-state index is 0.109. The number of rotatable bonds is 4. The van der Waals surface area contributed by atoms with E-state index >= 15 is 0 Å². The second kappa shape index (κ2) is 5.75. The SMILES string of the molecule is CCOC(=O)c1nn(C(C)C)c(-c2cccs2)c1Cl. The predicted molar refractivity (Wildman–Crippen MR) is 76.9 cm³/mol. The fourth-order valence-electron chi connectivity index (χ4n) is 1.75. The summed E-state index contributed by atoms with van der Waals surface area (Å²) in [6.07, 6.45) is 0. The van der Waals surface area contributed by atoms with Crippen LogP contribution in [0.4, 0.5) is 0 Å². The van der Waals surface area contributed by atoms with Crippen molar-refractivity contribution in [3.63, 3.8) is 0 Å². The quantitative estimate of drug-likeness (QED) is 0.801. The highest BCUT2D eigenvalue weighted by Crippen LogP contribution is 2.35. The van der Waals surface area contributed by atoms with Gasteiger partial charge in [-0.2, -0.15) is 5.10 Å². The van der Waals surface area contributed by atoms with Gasteiger partial charge in [0.2, 0.25) is 0 Å². The Bertz CT molecular complexity index is 576. The molecule has 2 heterocycles. The molecular formula is C13H15ClN2O2S. The van der Waals surface area contributed by atoms with Crippen LogP contribution >= 0.6 is 22.9 Å². The normalized spacial score (nSPS) is 11.0. The summed E-state index contributed by atoms with van der Waals surface area (Å²) in [5.41, 5.74) is 0.954. The third-order valence-corrected chi connectivity index (χ3v) is 3.80. The molecule has 2 rings (SSSR count). The molecule has 102 valence electrons. The number of halogens is 1. The molecule has 2 aromatic heterocycles. The highest BCUT2D eigenvalue weighted by Gasteiger charge is 2.25. The molecule has 0 saturated carbocycles. The van der Waals surface area contributed by atoms with E-state index < -0.39 is 5.97 Å². The van der Waals surface area contributed by atoms with Gasteiger partial charge in [0.25, 0.3) is 0 Å². The van der Waals surface area contributed by atoms with Gasteiger partial charge in [-0.15, -0.1) is 11.3 Å². The van der Waals surface area contributed by atoms with Crippen molar-refractivity contribution >= 4 is 28.9 Å². The van der Waals surface area contributed by atoms with Crippen molar-refractivity contribution in [3.8, 4) is 10.6 Å². The minimum atomic E-state index is -0.482. The summed E-state index contributed by atoms with van der Waals surface area (Å²) >= 11 is 7.88. The Balaban J connectivity index is 2.55. The van der Waals surface area contributed by atoms with Gasteiger partial charge in [0, 0.05) is 6.04 Å². The zero-order chi connectivity index (χ0) is 14.0. The molecule has 0 aliphatic rings. The first kappa shape index (κ1) is 14.1. The van der Waals surface area contributed by atoms with Crippen molar-refractivity contribution in [1.82, 2.24) is 9.78 Å². The zero-order valence-electron chi connectivity index (χ0n) is 11.0. The highest BCUT2D eigenvalue weighted by molar-refractivity contribution is 7.13. The van der Waals surface area contributed by atoms with E-state index in [1.54, 1.807) is 22.9 Å². The molecule has 0 radical (unpaired) electrons. The number of carbonyl (C=O) groups is 1. The summed E-state index contributed by atoms with van der Waals surface area (Å²) in [6.45, 7) is 6.05. The molecule has 4 nitrogen and oxygen atoms in total. The lowest BCUT2D eigenvalue weighted by molar-refractivity contribution is 0.0518. The van der Waals surface area contributed by atoms with Crippen LogP contribution in [0, 0.1) is 0 Å². The first-order valence-electron chi connectivity index (χ1n) is 6.05. The molecule has 0 aliphatic heterocycles. The molecule has 0 amide bonds. The van der Waals surface area contributed by atoms with Gasteiger partial charge >= 0.3 is 5.97 Å². The van der Waals surface area contributed by atoms with Gasteiger partial charge in [-0.1, -0.05) is 17.7 Å². The van der Waals surface area contributed by atoms with E-state index in [0.29, 0.717) is 11.6 Å². The fourth-order valence-corrected chi connectivity index (χ4v) is 2.88. The molecule has 19 heavy (non-hydrogen) atoms. The Kier molecular flexibility index (Phi) is 4.27. The summed E-state index contributed by atoms with van der Waals surface area (Å²) in [5.74, 6) is -0.482. The van der Waals surface area contributed by atoms with Gasteiger partial charge in [0.15, 0.2) is 5.69 Å². The van der Waals surface area contributed by atoms with E-state index in [1.165, 1.54) is 0 Å². The van der Waals surface area contributed by atoms with Crippen LogP contribution in [0.3, 0.4) is 0 Å². The predicted octanol–water partition coefficient (Wildman–Crippen LogP) is 4.02. The lowest BCUT2D eigenvalue weighted by Crippen LogP contribution is -2.09. The number of nitrogens with zero attached hydrogens (tertiary/aromatic N) is 2. The van der Waals surface area contributed by atoms with Crippen LogP contribution in [0.5, 0.6) is 0 Å². The van der Waals surface area contributed by atoms with Crippen LogP contribution in [-0.4, -0.2) is 22.4 Å². The first-order chi connectivity index (χ1) is 9.06. The number of hydrogen-bond acceptors (Lipinski definition) is 4. The lowest BCUT2D eigenvalue weighted by atomic mass is 10.3. The zero-order valence-corrected chi connectivity index (χ0v) is 12.6. The Labute approximate surface area is 121 Å². The number of hydrogen-bond donors (Lipinski definition) is 0. The summed E-state index contributed by atoms with van der Waals surface area (Å²) in [5, 5.41) is 6.62. The summed E-state index contributed by atoms with van der Waals surface area (Å²) in [7, 11) is 0. The maximum atomic E-state index is 11.8. The van der Waals surface area contributed by atoms with Crippen molar-refractivity contribution in [3.05, 3.63) is 28.2 Å². The van der Waals surface area contributed by atoms with Crippen LogP contribution in [-0.2, 0) is 4.74 Å². The molecule has 6 heteroatoms. The number of aromatic nitrogens is 2. The molecule has 0 aromatic carbocycles. The van der Waals surface area contributed by atoms with Crippen molar-refractivity contribution < 1.29 is 9.53 Å². The maximum absolute atomic E-state index is 11.8. The van der Waals surface area contributed by atoms with Gasteiger partial charge in [-0.3, -0.25) is 4.68 Å². The molecule has 0 aliphatic carbocycles. The molecular weight excluding hydrogens is 284 g/mol. The molecule has 0 atom stereocenters. The third kappa shape index (κ3) is 2.67. The topological polar surface area (TPSA) is 44.1 Å². The monoisotopic (exact) mass is 298 g/mol. The summed E-state index contributed by atoms with van der Waals surface area (Å²) < 4.78 is 6.74.